The first-order valence-corrected chi connectivity index (χ1v) is 12.6. The summed E-state index contributed by atoms with van der Waals surface area (Å²) in [6, 6.07) is 28.0. The summed E-state index contributed by atoms with van der Waals surface area (Å²) in [7, 11) is 0. The van der Waals surface area contributed by atoms with Gasteiger partial charge in [0, 0.05) is 30.4 Å². The van der Waals surface area contributed by atoms with Crippen LogP contribution >= 0.6 is 11.3 Å². The first-order valence-electron chi connectivity index (χ1n) is 11.7. The van der Waals surface area contributed by atoms with Crippen LogP contribution in [0.2, 0.25) is 0 Å². The lowest BCUT2D eigenvalue weighted by Gasteiger charge is -2.22. The molecule has 0 saturated heterocycles. The Morgan fingerprint density at radius 3 is 2.29 bits per heavy atom. The van der Waals surface area contributed by atoms with Crippen molar-refractivity contribution in [1.82, 2.24) is 15.8 Å². The van der Waals surface area contributed by atoms with Crippen LogP contribution in [0.15, 0.2) is 91.0 Å². The van der Waals surface area contributed by atoms with E-state index in [1.807, 2.05) is 96.8 Å². The number of carbonyl (C=O) groups excluding carboxylic acids is 2. The Bertz CT molecular complexity index is 1260. The molecule has 0 fully saturated rings. The van der Waals surface area contributed by atoms with Gasteiger partial charge in [-0.05, 0) is 46.7 Å². The van der Waals surface area contributed by atoms with Crippen molar-refractivity contribution in [3.8, 4) is 0 Å². The Kier molecular flexibility index (Phi) is 8.44. The molecule has 4 rings (SSSR count). The standard InChI is InChI=1S/C29H29N3O2S/c1-2-18-30-31-28(33)17-16-22-12-14-24(15-13-22)21-32(20-23-8-4-3-5-9-23)29(34)27-19-25-10-6-7-11-26(25)35-27/h3-17,19,30H,2,18,20-21H2,1H3,(H,31,33)/b17-16+. The summed E-state index contributed by atoms with van der Waals surface area (Å²) in [5, 5.41) is 1.09. The van der Waals surface area contributed by atoms with E-state index in [0.717, 1.165) is 44.6 Å². The van der Waals surface area contributed by atoms with E-state index in [0.29, 0.717) is 13.1 Å². The van der Waals surface area contributed by atoms with E-state index in [1.165, 1.54) is 17.4 Å². The summed E-state index contributed by atoms with van der Waals surface area (Å²) in [5.41, 5.74) is 8.54. The van der Waals surface area contributed by atoms with Crippen molar-refractivity contribution in [3.05, 3.63) is 113 Å². The maximum atomic E-state index is 13.6. The van der Waals surface area contributed by atoms with Gasteiger partial charge in [0.2, 0.25) is 0 Å². The Morgan fingerprint density at radius 2 is 1.57 bits per heavy atom. The molecule has 5 nitrogen and oxygen atoms in total. The highest BCUT2D eigenvalue weighted by Crippen LogP contribution is 2.27. The predicted molar refractivity (Wildman–Crippen MR) is 144 cm³/mol. The molecule has 0 radical (unpaired) electrons. The number of amides is 2. The average molecular weight is 484 g/mol. The Labute approximate surface area is 210 Å². The van der Waals surface area contributed by atoms with Crippen LogP contribution in [0, 0.1) is 0 Å². The number of benzene rings is 3. The van der Waals surface area contributed by atoms with E-state index >= 15 is 0 Å². The van der Waals surface area contributed by atoms with Gasteiger partial charge in [-0.25, -0.2) is 5.43 Å². The largest absolute Gasteiger partial charge is 0.329 e. The predicted octanol–water partition coefficient (Wildman–Crippen LogP) is 5.79. The van der Waals surface area contributed by atoms with Gasteiger partial charge < -0.3 is 4.90 Å². The van der Waals surface area contributed by atoms with E-state index in [-0.39, 0.29) is 11.8 Å². The van der Waals surface area contributed by atoms with Gasteiger partial charge in [0.15, 0.2) is 0 Å². The number of fused-ring (bicyclic) bond motifs is 1. The monoisotopic (exact) mass is 483 g/mol. The SMILES string of the molecule is CCCNNC(=O)/C=C/c1ccc(CN(Cc2ccccc2)C(=O)c2cc3ccccc3s2)cc1. The summed E-state index contributed by atoms with van der Waals surface area (Å²) in [4.78, 5) is 28.0. The zero-order valence-corrected chi connectivity index (χ0v) is 20.6. The normalized spacial score (nSPS) is 11.1. The lowest BCUT2D eigenvalue weighted by Crippen LogP contribution is -2.36. The summed E-state index contributed by atoms with van der Waals surface area (Å²) in [5.74, 6) is -0.166. The molecule has 1 aromatic heterocycles. The average Bonchev–Trinajstić information content (AvgIpc) is 3.33. The van der Waals surface area contributed by atoms with Crippen LogP contribution in [0.3, 0.4) is 0 Å². The van der Waals surface area contributed by atoms with Crippen LogP contribution in [0.5, 0.6) is 0 Å². The Balaban J connectivity index is 1.48. The fourth-order valence-electron chi connectivity index (χ4n) is 3.69. The van der Waals surface area contributed by atoms with Gasteiger partial charge in [-0.1, -0.05) is 79.7 Å². The molecular formula is C29H29N3O2S. The lowest BCUT2D eigenvalue weighted by molar-refractivity contribution is -0.117. The van der Waals surface area contributed by atoms with Crippen molar-refractivity contribution in [2.24, 2.45) is 0 Å². The lowest BCUT2D eigenvalue weighted by atomic mass is 10.1. The fraction of sp³-hybridized carbons (Fsp3) is 0.172. The minimum absolute atomic E-state index is 0.0234. The van der Waals surface area contributed by atoms with Crippen molar-refractivity contribution in [3.63, 3.8) is 0 Å². The number of nitrogens with zero attached hydrogens (tertiary/aromatic N) is 1. The number of nitrogens with one attached hydrogen (secondary N) is 2. The molecule has 0 bridgehead atoms. The molecule has 4 aromatic rings. The molecule has 0 aliphatic heterocycles. The molecule has 6 heteroatoms. The number of thiophene rings is 1. The first kappa shape index (κ1) is 24.4. The molecule has 3 aromatic carbocycles. The minimum Gasteiger partial charge on any atom is -0.329 e. The Hall–Kier alpha value is -3.74. The third-order valence-corrected chi connectivity index (χ3v) is 6.61. The van der Waals surface area contributed by atoms with Crippen molar-refractivity contribution in [2.75, 3.05) is 6.54 Å². The van der Waals surface area contributed by atoms with E-state index in [1.54, 1.807) is 6.08 Å². The van der Waals surface area contributed by atoms with Crippen LogP contribution < -0.4 is 10.9 Å². The Morgan fingerprint density at radius 1 is 0.886 bits per heavy atom. The third kappa shape index (κ3) is 6.88. The molecule has 178 valence electrons. The molecule has 0 saturated carbocycles. The molecule has 35 heavy (non-hydrogen) atoms. The highest BCUT2D eigenvalue weighted by atomic mass is 32.1. The quantitative estimate of drug-likeness (QED) is 0.171. The second-order valence-electron chi connectivity index (χ2n) is 8.29. The van der Waals surface area contributed by atoms with Gasteiger partial charge in [0.05, 0.1) is 4.88 Å². The molecule has 0 spiro atoms. The molecule has 2 N–H and O–H groups in total. The zero-order valence-electron chi connectivity index (χ0n) is 19.7. The van der Waals surface area contributed by atoms with E-state index in [9.17, 15) is 9.59 Å². The zero-order chi connectivity index (χ0) is 24.5. The number of carbonyl (C=O) groups is 2. The second-order valence-corrected chi connectivity index (χ2v) is 9.37. The number of hydrogen-bond acceptors (Lipinski definition) is 4. The molecule has 1 heterocycles. The topological polar surface area (TPSA) is 61.4 Å². The summed E-state index contributed by atoms with van der Waals surface area (Å²) >= 11 is 1.53. The molecule has 0 unspecified atom stereocenters. The molecule has 0 atom stereocenters. The molecule has 2 amide bonds. The smallest absolute Gasteiger partial charge is 0.264 e. The van der Waals surface area contributed by atoms with Gasteiger partial charge in [-0.15, -0.1) is 11.3 Å². The van der Waals surface area contributed by atoms with Crippen LogP contribution in [0.1, 0.15) is 39.7 Å². The van der Waals surface area contributed by atoms with Gasteiger partial charge in [0.25, 0.3) is 11.8 Å². The minimum atomic E-state index is -0.189. The van der Waals surface area contributed by atoms with Crippen molar-refractivity contribution in [1.29, 1.82) is 0 Å². The van der Waals surface area contributed by atoms with Gasteiger partial charge >= 0.3 is 0 Å². The third-order valence-electron chi connectivity index (χ3n) is 5.51. The first-order chi connectivity index (χ1) is 17.1. The van der Waals surface area contributed by atoms with Crippen LogP contribution in [-0.4, -0.2) is 23.3 Å². The maximum Gasteiger partial charge on any atom is 0.264 e. The maximum absolute atomic E-state index is 13.6. The van der Waals surface area contributed by atoms with Crippen LogP contribution in [0.25, 0.3) is 16.2 Å². The number of rotatable bonds is 10. The summed E-state index contributed by atoms with van der Waals surface area (Å²) in [6.45, 7) is 3.79. The summed E-state index contributed by atoms with van der Waals surface area (Å²) in [6.07, 6.45) is 4.22. The van der Waals surface area contributed by atoms with E-state index in [2.05, 4.69) is 10.9 Å². The highest BCUT2D eigenvalue weighted by molar-refractivity contribution is 7.20. The second kappa shape index (κ2) is 12.1. The number of hydrogen-bond donors (Lipinski definition) is 2. The number of hydrazine groups is 1. The van der Waals surface area contributed by atoms with Crippen LogP contribution in [-0.2, 0) is 17.9 Å². The molecule has 0 aliphatic carbocycles. The van der Waals surface area contributed by atoms with Gasteiger partial charge in [-0.3, -0.25) is 15.0 Å². The van der Waals surface area contributed by atoms with Gasteiger partial charge in [0.1, 0.15) is 0 Å². The summed E-state index contributed by atoms with van der Waals surface area (Å²) < 4.78 is 1.11. The van der Waals surface area contributed by atoms with Crippen LogP contribution in [0.4, 0.5) is 0 Å². The molecular weight excluding hydrogens is 454 g/mol. The van der Waals surface area contributed by atoms with Crippen molar-refractivity contribution >= 4 is 39.3 Å². The van der Waals surface area contributed by atoms with Gasteiger partial charge in [-0.2, -0.15) is 0 Å². The van der Waals surface area contributed by atoms with Crippen molar-refractivity contribution in [2.45, 2.75) is 26.4 Å². The van der Waals surface area contributed by atoms with E-state index < -0.39 is 0 Å². The van der Waals surface area contributed by atoms with Crippen molar-refractivity contribution < 1.29 is 9.59 Å². The fourth-order valence-corrected chi connectivity index (χ4v) is 4.72. The van der Waals surface area contributed by atoms with E-state index in [4.69, 9.17) is 0 Å². The highest BCUT2D eigenvalue weighted by Gasteiger charge is 2.19. The molecule has 0 aliphatic rings.